The molecule has 0 aliphatic heterocycles. The summed E-state index contributed by atoms with van der Waals surface area (Å²) < 4.78 is 64.4. The van der Waals surface area contributed by atoms with E-state index in [0.29, 0.717) is 6.92 Å². The Morgan fingerprint density at radius 2 is 2.00 bits per heavy atom. The van der Waals surface area contributed by atoms with Crippen LogP contribution in [0.3, 0.4) is 0 Å². The van der Waals surface area contributed by atoms with Crippen molar-refractivity contribution in [1.29, 1.82) is 0 Å². The highest BCUT2D eigenvalue weighted by Crippen LogP contribution is 2.27. The maximum atomic E-state index is 13.2. The van der Waals surface area contributed by atoms with Crippen molar-refractivity contribution in [2.45, 2.75) is 18.3 Å². The Labute approximate surface area is 131 Å². The van der Waals surface area contributed by atoms with E-state index in [9.17, 15) is 26.8 Å². The lowest BCUT2D eigenvalue weighted by atomic mass is 9.94. The van der Waals surface area contributed by atoms with Gasteiger partial charge in [0.05, 0.1) is 5.56 Å². The van der Waals surface area contributed by atoms with Crippen LogP contribution in [0.5, 0.6) is 0 Å². The minimum Gasteiger partial charge on any atom is -0.452 e. The second kappa shape index (κ2) is 7.05. The van der Waals surface area contributed by atoms with Crippen molar-refractivity contribution in [3.63, 3.8) is 0 Å². The second-order valence-electron chi connectivity index (χ2n) is 4.61. The van der Waals surface area contributed by atoms with Crippen LogP contribution in [-0.2, 0) is 24.4 Å². The van der Waals surface area contributed by atoms with Crippen LogP contribution < -0.4 is 5.46 Å². The van der Waals surface area contributed by atoms with Gasteiger partial charge in [-0.2, -0.15) is 17.2 Å². The number of ether oxygens (including phenoxy) is 2. The molecule has 7 nitrogen and oxygen atoms in total. The maximum Gasteiger partial charge on any atom is 0.405 e. The number of benzene rings is 1. The molecule has 1 aromatic rings. The Hall–Kier alpha value is -2.01. The van der Waals surface area contributed by atoms with E-state index >= 15 is 0 Å². The summed E-state index contributed by atoms with van der Waals surface area (Å²) in [6, 6.07) is 6.22. The topological polar surface area (TPSA) is 107 Å². The Kier molecular flexibility index (Phi) is 5.83. The van der Waals surface area contributed by atoms with Gasteiger partial charge in [0.1, 0.15) is 7.85 Å². The highest BCUT2D eigenvalue weighted by molar-refractivity contribution is 7.86. The second-order valence-corrected chi connectivity index (χ2v) is 6.11. The first kappa shape index (κ1) is 19.0. The molecule has 1 unspecified atom stereocenters. The first-order chi connectivity index (χ1) is 10.4. The predicted octanol–water partition coefficient (Wildman–Crippen LogP) is -0.486. The molecule has 1 rings (SSSR count). The number of carbonyl (C=O) groups excluding carboxylic acids is 2. The number of alkyl halides is 2. The van der Waals surface area contributed by atoms with Gasteiger partial charge in [0.25, 0.3) is 0 Å². The van der Waals surface area contributed by atoms with Gasteiger partial charge < -0.3 is 9.47 Å². The van der Waals surface area contributed by atoms with E-state index in [1.807, 2.05) is 0 Å². The average molecular weight is 350 g/mol. The number of carbonyl (C=O) groups is 2. The quantitative estimate of drug-likeness (QED) is 0.419. The molecule has 11 heteroatoms. The van der Waals surface area contributed by atoms with Gasteiger partial charge in [0.2, 0.25) is 0 Å². The van der Waals surface area contributed by atoms with E-state index in [4.69, 9.17) is 4.55 Å². The van der Waals surface area contributed by atoms with Gasteiger partial charge >= 0.3 is 27.3 Å². The molecule has 0 radical (unpaired) electrons. The number of rotatable bonds is 6. The molecule has 0 saturated heterocycles. The summed E-state index contributed by atoms with van der Waals surface area (Å²) in [7, 11) is -4.02. The monoisotopic (exact) mass is 350 g/mol. The van der Waals surface area contributed by atoms with Crippen molar-refractivity contribution in [1.82, 2.24) is 0 Å². The molecule has 23 heavy (non-hydrogen) atoms. The van der Waals surface area contributed by atoms with Crippen molar-refractivity contribution < 1.29 is 40.8 Å². The zero-order valence-electron chi connectivity index (χ0n) is 12.2. The van der Waals surface area contributed by atoms with E-state index < -0.39 is 40.0 Å². The molecule has 0 aliphatic rings. The van der Waals surface area contributed by atoms with Crippen LogP contribution in [0.1, 0.15) is 17.3 Å². The zero-order valence-corrected chi connectivity index (χ0v) is 13.0. The Balaban J connectivity index is 2.59. The first-order valence-electron chi connectivity index (χ1n) is 6.23. The Bertz CT molecular complexity index is 705. The van der Waals surface area contributed by atoms with E-state index in [-0.39, 0.29) is 5.56 Å². The fourth-order valence-electron chi connectivity index (χ4n) is 1.49. The van der Waals surface area contributed by atoms with Crippen molar-refractivity contribution in [3.8, 4) is 0 Å². The molecule has 0 saturated carbocycles. The molecule has 1 N–H and O–H groups in total. The lowest BCUT2D eigenvalue weighted by molar-refractivity contribution is -0.162. The number of hydrogen-bond donors (Lipinski definition) is 1. The normalized spacial score (nSPS) is 13.2. The SMILES string of the molecule is Bc1cccc(C(=O)OCC(=O)OC(C)C(F)(F)S(=O)(=O)O)c1. The molecule has 0 spiro atoms. The number of halogens is 2. The van der Waals surface area contributed by atoms with Gasteiger partial charge in [-0.15, -0.1) is 0 Å². The summed E-state index contributed by atoms with van der Waals surface area (Å²) in [5, 5.41) is -4.68. The third-order valence-corrected chi connectivity index (χ3v) is 3.72. The van der Waals surface area contributed by atoms with Crippen LogP contribution in [-0.4, -0.2) is 50.7 Å². The van der Waals surface area contributed by atoms with Gasteiger partial charge in [0.15, 0.2) is 12.7 Å². The summed E-state index contributed by atoms with van der Waals surface area (Å²) in [6.07, 6.45) is -2.46. The van der Waals surface area contributed by atoms with Gasteiger partial charge in [-0.05, 0) is 13.0 Å². The number of hydrogen-bond acceptors (Lipinski definition) is 6. The third kappa shape index (κ3) is 5.00. The summed E-state index contributed by atoms with van der Waals surface area (Å²) >= 11 is 0. The lowest BCUT2D eigenvalue weighted by Crippen LogP contribution is -2.42. The molecular formula is C12H13BF2O7S. The average Bonchev–Trinajstić information content (AvgIpc) is 2.43. The minimum absolute atomic E-state index is 0.147. The summed E-state index contributed by atoms with van der Waals surface area (Å²) in [5.41, 5.74) is 0.914. The number of esters is 2. The molecule has 126 valence electrons. The van der Waals surface area contributed by atoms with Crippen LogP contribution in [0.2, 0.25) is 0 Å². The highest BCUT2D eigenvalue weighted by atomic mass is 32.2. The highest BCUT2D eigenvalue weighted by Gasteiger charge is 2.51. The van der Waals surface area contributed by atoms with Gasteiger partial charge in [-0.3, -0.25) is 4.55 Å². The molecule has 0 aromatic heterocycles. The van der Waals surface area contributed by atoms with Gasteiger partial charge in [-0.1, -0.05) is 23.7 Å². The van der Waals surface area contributed by atoms with E-state index in [2.05, 4.69) is 9.47 Å². The smallest absolute Gasteiger partial charge is 0.405 e. The van der Waals surface area contributed by atoms with E-state index in [1.165, 1.54) is 12.1 Å². The molecule has 0 fully saturated rings. The fourth-order valence-corrected chi connectivity index (χ4v) is 1.96. The van der Waals surface area contributed by atoms with Crippen molar-refractivity contribution in [2.24, 2.45) is 0 Å². The van der Waals surface area contributed by atoms with Crippen LogP contribution in [0.4, 0.5) is 8.78 Å². The summed E-state index contributed by atoms with van der Waals surface area (Å²) in [5.74, 6) is -2.26. The molecule has 1 aromatic carbocycles. The van der Waals surface area contributed by atoms with Crippen molar-refractivity contribution in [2.75, 3.05) is 6.61 Å². The van der Waals surface area contributed by atoms with Crippen molar-refractivity contribution >= 4 is 35.4 Å². The predicted molar refractivity (Wildman–Crippen MR) is 77.0 cm³/mol. The summed E-state index contributed by atoms with van der Waals surface area (Å²) in [6.45, 7) is -0.410. The molecule has 1 atom stereocenters. The Morgan fingerprint density at radius 3 is 2.52 bits per heavy atom. The first-order valence-corrected chi connectivity index (χ1v) is 7.67. The summed E-state index contributed by atoms with van der Waals surface area (Å²) in [4.78, 5) is 22.9. The minimum atomic E-state index is -5.74. The van der Waals surface area contributed by atoms with Crippen molar-refractivity contribution in [3.05, 3.63) is 29.8 Å². The molecule has 0 bridgehead atoms. The zero-order chi connectivity index (χ0) is 17.8. The molecular weight excluding hydrogens is 337 g/mol. The lowest BCUT2D eigenvalue weighted by Gasteiger charge is -2.20. The largest absolute Gasteiger partial charge is 0.452 e. The van der Waals surface area contributed by atoms with E-state index in [1.54, 1.807) is 20.0 Å². The van der Waals surface area contributed by atoms with Gasteiger partial charge in [-0.25, -0.2) is 9.59 Å². The van der Waals surface area contributed by atoms with Crippen LogP contribution in [0.15, 0.2) is 24.3 Å². The standard InChI is InChI=1S/C12H13BF2O7S/c1-7(12(14,15)23(18,19)20)22-10(16)6-21-11(17)8-3-2-4-9(13)5-8/h2-5,7H,6,13H2,1H3,(H,18,19,20). The van der Waals surface area contributed by atoms with Crippen LogP contribution in [0.25, 0.3) is 0 Å². The van der Waals surface area contributed by atoms with Crippen LogP contribution in [0, 0.1) is 0 Å². The molecule has 0 amide bonds. The fraction of sp³-hybridized carbons (Fsp3) is 0.333. The molecule has 0 aliphatic carbocycles. The van der Waals surface area contributed by atoms with Gasteiger partial charge in [0, 0.05) is 0 Å². The third-order valence-electron chi connectivity index (χ3n) is 2.70. The van der Waals surface area contributed by atoms with Crippen LogP contribution >= 0.6 is 0 Å². The maximum absolute atomic E-state index is 13.2. The molecule has 0 heterocycles. The van der Waals surface area contributed by atoms with E-state index in [0.717, 1.165) is 5.46 Å². The Morgan fingerprint density at radius 1 is 1.39 bits per heavy atom.